The maximum absolute atomic E-state index is 10.5. The zero-order valence-electron chi connectivity index (χ0n) is 9.21. The van der Waals surface area contributed by atoms with Crippen LogP contribution in [0.4, 0.5) is 0 Å². The van der Waals surface area contributed by atoms with Crippen molar-refractivity contribution < 1.29 is 14.6 Å². The summed E-state index contributed by atoms with van der Waals surface area (Å²) in [5.74, 6) is 0.313. The molecule has 0 spiro atoms. The predicted molar refractivity (Wildman–Crippen MR) is 64.9 cm³/mol. The first-order valence-corrected chi connectivity index (χ1v) is 5.47. The highest BCUT2D eigenvalue weighted by Crippen LogP contribution is 2.21. The summed E-state index contributed by atoms with van der Waals surface area (Å²) in [7, 11) is 0. The van der Waals surface area contributed by atoms with E-state index in [9.17, 15) is 4.79 Å². The summed E-state index contributed by atoms with van der Waals surface area (Å²) in [5, 5.41) is 9.19. The summed E-state index contributed by atoms with van der Waals surface area (Å²) in [6, 6.07) is 6.84. The van der Waals surface area contributed by atoms with E-state index in [0.29, 0.717) is 16.5 Å². The first-order valence-electron chi connectivity index (χ1n) is 5.09. The third-order valence-corrected chi connectivity index (χ3v) is 2.29. The predicted octanol–water partition coefficient (Wildman–Crippen LogP) is 2.55. The summed E-state index contributed by atoms with van der Waals surface area (Å²) in [4.78, 5) is 18.2. The minimum absolute atomic E-state index is 0.207. The Labute approximate surface area is 108 Å². The van der Waals surface area contributed by atoms with E-state index in [-0.39, 0.29) is 12.2 Å². The number of carboxylic acid groups (broad SMARTS) is 1. The van der Waals surface area contributed by atoms with Crippen molar-refractivity contribution in [2.75, 3.05) is 0 Å². The van der Waals surface area contributed by atoms with E-state index < -0.39 is 5.97 Å². The molecule has 0 aliphatic carbocycles. The Morgan fingerprint density at radius 2 is 1.78 bits per heavy atom. The van der Waals surface area contributed by atoms with Gasteiger partial charge in [0.1, 0.15) is 18.0 Å². The monoisotopic (exact) mass is 264 g/mol. The molecule has 0 aliphatic rings. The van der Waals surface area contributed by atoms with Crippen molar-refractivity contribution in [2.45, 2.75) is 6.42 Å². The standard InChI is InChI=1S/C12H9ClN2O3/c13-8-1-3-9(4-2-8)18-10-6-14-11(15-7-10)5-12(16)17/h1-4,6-7H,5H2,(H,16,17). The number of carbonyl (C=O) groups is 1. The molecule has 2 aromatic rings. The third kappa shape index (κ3) is 3.43. The van der Waals surface area contributed by atoms with Crippen LogP contribution >= 0.6 is 11.6 Å². The normalized spacial score (nSPS) is 10.1. The van der Waals surface area contributed by atoms with Crippen LogP contribution in [-0.4, -0.2) is 21.0 Å². The van der Waals surface area contributed by atoms with Crippen LogP contribution in [0.1, 0.15) is 5.82 Å². The van der Waals surface area contributed by atoms with Crippen molar-refractivity contribution in [3.63, 3.8) is 0 Å². The Kier molecular flexibility index (Phi) is 3.74. The number of aliphatic carboxylic acids is 1. The van der Waals surface area contributed by atoms with Crippen LogP contribution in [-0.2, 0) is 11.2 Å². The SMILES string of the molecule is O=C(O)Cc1ncc(Oc2ccc(Cl)cc2)cn1. The van der Waals surface area contributed by atoms with Gasteiger partial charge in [-0.05, 0) is 24.3 Å². The molecule has 1 aromatic heterocycles. The summed E-state index contributed by atoms with van der Waals surface area (Å²) in [6.45, 7) is 0. The maximum atomic E-state index is 10.5. The lowest BCUT2D eigenvalue weighted by Gasteiger charge is -2.05. The second kappa shape index (κ2) is 5.46. The molecule has 1 N–H and O–H groups in total. The number of benzene rings is 1. The highest BCUT2D eigenvalue weighted by atomic mass is 35.5. The lowest BCUT2D eigenvalue weighted by Crippen LogP contribution is -2.04. The second-order valence-corrected chi connectivity index (χ2v) is 3.90. The molecule has 2 rings (SSSR count). The van der Waals surface area contributed by atoms with Gasteiger partial charge in [-0.3, -0.25) is 4.79 Å². The molecular formula is C12H9ClN2O3. The molecule has 0 saturated heterocycles. The Morgan fingerprint density at radius 3 is 2.33 bits per heavy atom. The van der Waals surface area contributed by atoms with E-state index in [1.165, 1.54) is 12.4 Å². The van der Waals surface area contributed by atoms with E-state index in [1.54, 1.807) is 24.3 Å². The molecule has 0 unspecified atom stereocenters. The maximum Gasteiger partial charge on any atom is 0.311 e. The molecular weight excluding hydrogens is 256 g/mol. The lowest BCUT2D eigenvalue weighted by atomic mass is 10.3. The topological polar surface area (TPSA) is 72.3 Å². The van der Waals surface area contributed by atoms with Gasteiger partial charge >= 0.3 is 5.97 Å². The number of hydrogen-bond donors (Lipinski definition) is 1. The molecule has 92 valence electrons. The van der Waals surface area contributed by atoms with Gasteiger partial charge in [-0.15, -0.1) is 0 Å². The van der Waals surface area contributed by atoms with Gasteiger partial charge in [-0.1, -0.05) is 11.6 Å². The van der Waals surface area contributed by atoms with Crippen LogP contribution in [0.25, 0.3) is 0 Å². The third-order valence-electron chi connectivity index (χ3n) is 2.04. The van der Waals surface area contributed by atoms with Crippen LogP contribution in [0.2, 0.25) is 5.02 Å². The van der Waals surface area contributed by atoms with Crippen molar-refractivity contribution >= 4 is 17.6 Å². The number of rotatable bonds is 4. The van der Waals surface area contributed by atoms with E-state index in [2.05, 4.69) is 9.97 Å². The van der Waals surface area contributed by atoms with Gasteiger partial charge < -0.3 is 9.84 Å². The molecule has 0 radical (unpaired) electrons. The molecule has 0 atom stereocenters. The van der Waals surface area contributed by atoms with E-state index >= 15 is 0 Å². The molecule has 0 bridgehead atoms. The molecule has 0 fully saturated rings. The average Bonchev–Trinajstić information content (AvgIpc) is 2.34. The van der Waals surface area contributed by atoms with Gasteiger partial charge in [0.25, 0.3) is 0 Å². The molecule has 6 heteroatoms. The molecule has 1 aromatic carbocycles. The zero-order chi connectivity index (χ0) is 13.0. The average molecular weight is 265 g/mol. The smallest absolute Gasteiger partial charge is 0.311 e. The van der Waals surface area contributed by atoms with Crippen molar-refractivity contribution in [1.29, 1.82) is 0 Å². The molecule has 0 aliphatic heterocycles. The Hall–Kier alpha value is -2.14. The van der Waals surface area contributed by atoms with E-state index in [4.69, 9.17) is 21.4 Å². The molecule has 5 nitrogen and oxygen atoms in total. The van der Waals surface area contributed by atoms with Gasteiger partial charge in [-0.2, -0.15) is 0 Å². The summed E-state index contributed by atoms with van der Waals surface area (Å²) < 4.78 is 5.46. The van der Waals surface area contributed by atoms with Crippen LogP contribution in [0.15, 0.2) is 36.7 Å². The minimum atomic E-state index is -0.971. The minimum Gasteiger partial charge on any atom is -0.481 e. The zero-order valence-corrected chi connectivity index (χ0v) is 9.96. The lowest BCUT2D eigenvalue weighted by molar-refractivity contribution is -0.136. The van der Waals surface area contributed by atoms with E-state index in [0.717, 1.165) is 0 Å². The summed E-state index contributed by atoms with van der Waals surface area (Å²) in [5.41, 5.74) is 0. The van der Waals surface area contributed by atoms with Gasteiger partial charge in [0.15, 0.2) is 5.75 Å². The van der Waals surface area contributed by atoms with E-state index in [1.807, 2.05) is 0 Å². The second-order valence-electron chi connectivity index (χ2n) is 3.46. The number of nitrogens with zero attached hydrogens (tertiary/aromatic N) is 2. The first-order chi connectivity index (χ1) is 8.63. The van der Waals surface area contributed by atoms with Gasteiger partial charge in [0, 0.05) is 5.02 Å². The Bertz CT molecular complexity index is 540. The largest absolute Gasteiger partial charge is 0.481 e. The first kappa shape index (κ1) is 12.3. The quantitative estimate of drug-likeness (QED) is 0.919. The van der Waals surface area contributed by atoms with Gasteiger partial charge in [0.2, 0.25) is 0 Å². The number of hydrogen-bond acceptors (Lipinski definition) is 4. The highest BCUT2D eigenvalue weighted by Gasteiger charge is 2.04. The number of halogens is 1. The van der Waals surface area contributed by atoms with Crippen molar-refractivity contribution in [3.05, 3.63) is 47.5 Å². The van der Waals surface area contributed by atoms with Crippen molar-refractivity contribution in [1.82, 2.24) is 9.97 Å². The molecule has 1 heterocycles. The molecule has 0 amide bonds. The van der Waals surface area contributed by atoms with Crippen LogP contribution in [0.5, 0.6) is 11.5 Å². The highest BCUT2D eigenvalue weighted by molar-refractivity contribution is 6.30. The van der Waals surface area contributed by atoms with Crippen molar-refractivity contribution in [2.24, 2.45) is 0 Å². The number of carboxylic acids is 1. The Morgan fingerprint density at radius 1 is 1.17 bits per heavy atom. The van der Waals surface area contributed by atoms with Crippen LogP contribution in [0.3, 0.4) is 0 Å². The fourth-order valence-electron chi connectivity index (χ4n) is 1.26. The summed E-state index contributed by atoms with van der Waals surface area (Å²) in [6.07, 6.45) is 2.65. The van der Waals surface area contributed by atoms with Crippen molar-refractivity contribution in [3.8, 4) is 11.5 Å². The number of ether oxygens (including phenoxy) is 1. The fourth-order valence-corrected chi connectivity index (χ4v) is 1.39. The fraction of sp³-hybridized carbons (Fsp3) is 0.0833. The molecule has 0 saturated carbocycles. The molecule has 18 heavy (non-hydrogen) atoms. The number of aromatic nitrogens is 2. The van der Waals surface area contributed by atoms with Crippen LogP contribution < -0.4 is 4.74 Å². The Balaban J connectivity index is 2.06. The van der Waals surface area contributed by atoms with Gasteiger partial charge in [-0.25, -0.2) is 9.97 Å². The van der Waals surface area contributed by atoms with Crippen LogP contribution in [0, 0.1) is 0 Å². The summed E-state index contributed by atoms with van der Waals surface area (Å²) >= 11 is 5.75. The van der Waals surface area contributed by atoms with Gasteiger partial charge in [0.05, 0.1) is 12.4 Å².